The number of nitrogens with zero attached hydrogens (tertiary/aromatic N) is 1. The fraction of sp³-hybridized carbons (Fsp3) is 0.500. The van der Waals surface area contributed by atoms with Gasteiger partial charge in [-0.15, -0.1) is 6.58 Å². The van der Waals surface area contributed by atoms with E-state index < -0.39 is 16.3 Å². The average Bonchev–Trinajstić information content (AvgIpc) is 3.21. The first-order chi connectivity index (χ1) is 12.5. The lowest BCUT2D eigenvalue weighted by atomic mass is 10.0. The molecule has 0 spiro atoms. The van der Waals surface area contributed by atoms with Crippen molar-refractivity contribution in [2.45, 2.75) is 36.5 Å². The molecule has 1 atom stereocenters. The summed E-state index contributed by atoms with van der Waals surface area (Å²) in [6, 6.07) is 5.76. The number of carbonyl (C=O) groups is 1. The molecule has 2 saturated heterocycles. The number of rotatable bonds is 6. The van der Waals surface area contributed by atoms with Crippen LogP contribution in [-0.4, -0.2) is 57.3 Å². The van der Waals surface area contributed by atoms with Gasteiger partial charge in [-0.3, -0.25) is 4.79 Å². The average molecular weight is 380 g/mol. The summed E-state index contributed by atoms with van der Waals surface area (Å²) >= 11 is 0. The Labute approximate surface area is 154 Å². The zero-order valence-electron chi connectivity index (χ0n) is 14.6. The number of benzene rings is 1. The first-order valence-electron chi connectivity index (χ1n) is 8.78. The van der Waals surface area contributed by atoms with Crippen LogP contribution < -0.4 is 5.32 Å². The highest BCUT2D eigenvalue weighted by molar-refractivity contribution is 7.89. The Morgan fingerprint density at radius 1 is 1.31 bits per heavy atom. The Morgan fingerprint density at radius 3 is 2.81 bits per heavy atom. The molecule has 3 rings (SSSR count). The van der Waals surface area contributed by atoms with Crippen LogP contribution >= 0.6 is 0 Å². The zero-order chi connectivity index (χ0) is 18.6. The van der Waals surface area contributed by atoms with Crippen LogP contribution in [0.4, 0.5) is 0 Å². The van der Waals surface area contributed by atoms with Gasteiger partial charge in [0, 0.05) is 18.7 Å². The first kappa shape index (κ1) is 19.0. The Morgan fingerprint density at radius 2 is 2.08 bits per heavy atom. The maximum absolute atomic E-state index is 13.2. The van der Waals surface area contributed by atoms with Crippen LogP contribution in [0.5, 0.6) is 0 Å². The van der Waals surface area contributed by atoms with Crippen molar-refractivity contribution >= 4 is 15.9 Å². The molecular formula is C18H24N2O5S. The van der Waals surface area contributed by atoms with Gasteiger partial charge >= 0.3 is 0 Å². The smallest absolute Gasteiger partial charge is 0.251 e. The molecule has 2 fully saturated rings. The van der Waals surface area contributed by atoms with Crippen LogP contribution in [-0.2, 0) is 19.5 Å². The molecule has 1 N–H and O–H groups in total. The lowest BCUT2D eigenvalue weighted by Gasteiger charge is -2.36. The second kappa shape index (κ2) is 8.30. The molecule has 1 unspecified atom stereocenters. The molecular weight excluding hydrogens is 356 g/mol. The van der Waals surface area contributed by atoms with E-state index in [1.54, 1.807) is 18.2 Å². The summed E-state index contributed by atoms with van der Waals surface area (Å²) in [6.45, 7) is 5.25. The van der Waals surface area contributed by atoms with Gasteiger partial charge in [0.25, 0.3) is 5.91 Å². The van der Waals surface area contributed by atoms with Crippen LogP contribution in [0.3, 0.4) is 0 Å². The standard InChI is InChI=1S/C18H24N2O5S/c1-2-9-19-17(21)14-6-5-7-15(13-14)26(22,23)20-10-4-3-8-16(20)18-24-11-12-25-18/h2,5-7,13,16,18H,1,3-4,8-12H2,(H,19,21). The molecule has 1 aromatic carbocycles. The molecule has 0 aliphatic carbocycles. The fourth-order valence-electron chi connectivity index (χ4n) is 3.30. The van der Waals surface area contributed by atoms with Crippen LogP contribution in [0.1, 0.15) is 29.6 Å². The molecule has 2 aliphatic heterocycles. The second-order valence-corrected chi connectivity index (χ2v) is 8.21. The summed E-state index contributed by atoms with van der Waals surface area (Å²) in [5, 5.41) is 2.65. The normalized spacial score (nSPS) is 22.2. The molecule has 0 bridgehead atoms. The summed E-state index contributed by atoms with van der Waals surface area (Å²) in [4.78, 5) is 12.2. The number of ether oxygens (including phenoxy) is 2. The topological polar surface area (TPSA) is 84.9 Å². The van der Waals surface area contributed by atoms with Crippen molar-refractivity contribution in [1.29, 1.82) is 0 Å². The van der Waals surface area contributed by atoms with Crippen molar-refractivity contribution in [3.05, 3.63) is 42.5 Å². The van der Waals surface area contributed by atoms with E-state index in [-0.39, 0.29) is 16.8 Å². The maximum Gasteiger partial charge on any atom is 0.251 e. The predicted octanol–water partition coefficient (Wildman–Crippen LogP) is 1.52. The number of carbonyl (C=O) groups excluding carboxylic acids is 1. The van der Waals surface area contributed by atoms with E-state index in [0.717, 1.165) is 12.8 Å². The molecule has 1 amide bonds. The van der Waals surface area contributed by atoms with Gasteiger partial charge in [0.15, 0.2) is 6.29 Å². The molecule has 2 aliphatic rings. The van der Waals surface area contributed by atoms with Gasteiger partial charge in [-0.25, -0.2) is 8.42 Å². The van der Waals surface area contributed by atoms with E-state index in [2.05, 4.69) is 11.9 Å². The number of sulfonamides is 1. The van der Waals surface area contributed by atoms with Crippen molar-refractivity contribution in [3.63, 3.8) is 0 Å². The molecule has 26 heavy (non-hydrogen) atoms. The summed E-state index contributed by atoms with van der Waals surface area (Å²) < 4.78 is 39.0. The molecule has 0 aromatic heterocycles. The van der Waals surface area contributed by atoms with Crippen LogP contribution in [0, 0.1) is 0 Å². The van der Waals surface area contributed by atoms with Crippen LogP contribution in [0.15, 0.2) is 41.8 Å². The van der Waals surface area contributed by atoms with Crippen LogP contribution in [0.2, 0.25) is 0 Å². The largest absolute Gasteiger partial charge is 0.349 e. The number of nitrogens with one attached hydrogen (secondary N) is 1. The van der Waals surface area contributed by atoms with Crippen molar-refractivity contribution in [2.24, 2.45) is 0 Å². The molecule has 0 saturated carbocycles. The van der Waals surface area contributed by atoms with E-state index >= 15 is 0 Å². The Balaban J connectivity index is 1.86. The Kier molecular flexibility index (Phi) is 6.08. The first-order valence-corrected chi connectivity index (χ1v) is 10.2. The Hall–Kier alpha value is -1.74. The van der Waals surface area contributed by atoms with E-state index in [4.69, 9.17) is 9.47 Å². The summed E-state index contributed by atoms with van der Waals surface area (Å²) in [7, 11) is -3.75. The predicted molar refractivity (Wildman–Crippen MR) is 96.2 cm³/mol. The van der Waals surface area contributed by atoms with Crippen molar-refractivity contribution in [3.8, 4) is 0 Å². The van der Waals surface area contributed by atoms with E-state index in [1.165, 1.54) is 16.4 Å². The van der Waals surface area contributed by atoms with Crippen molar-refractivity contribution in [1.82, 2.24) is 9.62 Å². The monoisotopic (exact) mass is 380 g/mol. The lowest BCUT2D eigenvalue weighted by Crippen LogP contribution is -2.50. The van der Waals surface area contributed by atoms with E-state index in [0.29, 0.717) is 38.3 Å². The third-order valence-corrected chi connectivity index (χ3v) is 6.49. The fourth-order valence-corrected chi connectivity index (χ4v) is 5.03. The third-order valence-electron chi connectivity index (χ3n) is 4.57. The molecule has 0 radical (unpaired) electrons. The minimum Gasteiger partial charge on any atom is -0.349 e. The third kappa shape index (κ3) is 3.98. The Bertz CT molecular complexity index is 759. The summed E-state index contributed by atoms with van der Waals surface area (Å²) in [5.41, 5.74) is 0.301. The van der Waals surface area contributed by atoms with E-state index in [9.17, 15) is 13.2 Å². The SMILES string of the molecule is C=CCNC(=O)c1cccc(S(=O)(=O)N2CCCCC2C2OCCO2)c1. The number of hydrogen-bond acceptors (Lipinski definition) is 5. The quantitative estimate of drug-likeness (QED) is 0.757. The van der Waals surface area contributed by atoms with Crippen LogP contribution in [0.25, 0.3) is 0 Å². The number of amides is 1. The summed E-state index contributed by atoms with van der Waals surface area (Å²) in [5.74, 6) is -0.334. The summed E-state index contributed by atoms with van der Waals surface area (Å²) in [6.07, 6.45) is 3.47. The minimum absolute atomic E-state index is 0.105. The molecule has 1 aromatic rings. The lowest BCUT2D eigenvalue weighted by molar-refractivity contribution is -0.0913. The van der Waals surface area contributed by atoms with Gasteiger partial charge in [-0.2, -0.15) is 4.31 Å². The number of piperidine rings is 1. The molecule has 2 heterocycles. The minimum atomic E-state index is -3.75. The van der Waals surface area contributed by atoms with E-state index in [1.807, 2.05) is 0 Å². The molecule has 142 valence electrons. The zero-order valence-corrected chi connectivity index (χ0v) is 15.4. The highest BCUT2D eigenvalue weighted by Gasteiger charge is 2.40. The van der Waals surface area contributed by atoms with Gasteiger partial charge in [-0.1, -0.05) is 18.6 Å². The maximum atomic E-state index is 13.2. The van der Waals surface area contributed by atoms with Gasteiger partial charge in [-0.05, 0) is 31.0 Å². The van der Waals surface area contributed by atoms with Crippen molar-refractivity contribution in [2.75, 3.05) is 26.3 Å². The van der Waals surface area contributed by atoms with Gasteiger partial charge < -0.3 is 14.8 Å². The molecule has 7 nitrogen and oxygen atoms in total. The van der Waals surface area contributed by atoms with Gasteiger partial charge in [0.2, 0.25) is 10.0 Å². The molecule has 8 heteroatoms. The highest BCUT2D eigenvalue weighted by Crippen LogP contribution is 2.30. The van der Waals surface area contributed by atoms with Gasteiger partial charge in [0.05, 0.1) is 24.2 Å². The second-order valence-electron chi connectivity index (χ2n) is 6.32. The van der Waals surface area contributed by atoms with Crippen molar-refractivity contribution < 1.29 is 22.7 Å². The number of hydrogen-bond donors (Lipinski definition) is 1. The van der Waals surface area contributed by atoms with Gasteiger partial charge in [0.1, 0.15) is 0 Å². The highest BCUT2D eigenvalue weighted by atomic mass is 32.2.